The number of carbonyl (C=O) groups excluding carboxylic acids is 1. The predicted octanol–water partition coefficient (Wildman–Crippen LogP) is 3.03. The standard InChI is InChI=1S/C8H9BrOS/c1-2-6(10)5-8-7(9)3-4-11-8/h3-4H,2,5H2,1H3. The molecule has 0 saturated carbocycles. The Morgan fingerprint density at radius 2 is 2.45 bits per heavy atom. The zero-order valence-electron chi connectivity index (χ0n) is 6.26. The van der Waals surface area contributed by atoms with E-state index < -0.39 is 0 Å². The molecule has 3 heteroatoms. The molecule has 0 aromatic carbocycles. The van der Waals surface area contributed by atoms with Gasteiger partial charge in [-0.3, -0.25) is 4.79 Å². The van der Waals surface area contributed by atoms with Gasteiger partial charge in [0.2, 0.25) is 0 Å². The monoisotopic (exact) mass is 232 g/mol. The van der Waals surface area contributed by atoms with Crippen molar-refractivity contribution in [3.63, 3.8) is 0 Å². The molecule has 1 nitrogen and oxygen atoms in total. The van der Waals surface area contributed by atoms with E-state index in [4.69, 9.17) is 0 Å². The molecule has 0 aliphatic carbocycles. The minimum absolute atomic E-state index is 0.299. The van der Waals surface area contributed by atoms with Gasteiger partial charge in [0, 0.05) is 22.2 Å². The maximum atomic E-state index is 11.0. The summed E-state index contributed by atoms with van der Waals surface area (Å²) in [5.41, 5.74) is 0. The number of halogens is 1. The molecule has 1 aromatic rings. The highest BCUT2D eigenvalue weighted by Gasteiger charge is 2.05. The van der Waals surface area contributed by atoms with Crippen LogP contribution in [0.25, 0.3) is 0 Å². The molecule has 1 aromatic heterocycles. The van der Waals surface area contributed by atoms with Gasteiger partial charge in [-0.25, -0.2) is 0 Å². The van der Waals surface area contributed by atoms with E-state index in [9.17, 15) is 4.79 Å². The average molecular weight is 233 g/mol. The lowest BCUT2D eigenvalue weighted by Crippen LogP contribution is -1.98. The quantitative estimate of drug-likeness (QED) is 0.784. The first kappa shape index (κ1) is 8.94. The molecule has 0 spiro atoms. The summed E-state index contributed by atoms with van der Waals surface area (Å²) in [5.74, 6) is 0.299. The Morgan fingerprint density at radius 1 is 1.73 bits per heavy atom. The molecule has 0 N–H and O–H groups in total. The molecule has 0 radical (unpaired) electrons. The van der Waals surface area contributed by atoms with E-state index in [0.717, 1.165) is 9.35 Å². The molecule has 0 atom stereocenters. The zero-order valence-corrected chi connectivity index (χ0v) is 8.67. The van der Waals surface area contributed by atoms with Gasteiger partial charge in [-0.05, 0) is 27.4 Å². The van der Waals surface area contributed by atoms with Gasteiger partial charge in [0.1, 0.15) is 5.78 Å². The van der Waals surface area contributed by atoms with Crippen LogP contribution in [0.15, 0.2) is 15.9 Å². The molecule has 1 heterocycles. The first-order chi connectivity index (χ1) is 5.24. The third kappa shape index (κ3) is 2.42. The maximum Gasteiger partial charge on any atom is 0.137 e. The molecule has 0 saturated heterocycles. The van der Waals surface area contributed by atoms with Crippen molar-refractivity contribution in [1.29, 1.82) is 0 Å². The summed E-state index contributed by atoms with van der Waals surface area (Å²) < 4.78 is 1.06. The fraction of sp³-hybridized carbons (Fsp3) is 0.375. The van der Waals surface area contributed by atoms with Crippen molar-refractivity contribution < 1.29 is 4.79 Å². The van der Waals surface area contributed by atoms with Crippen molar-refractivity contribution in [3.05, 3.63) is 20.8 Å². The third-order valence-corrected chi connectivity index (χ3v) is 3.37. The second-order valence-corrected chi connectivity index (χ2v) is 4.12. The minimum Gasteiger partial charge on any atom is -0.299 e. The normalized spacial score (nSPS) is 10.0. The summed E-state index contributed by atoms with van der Waals surface area (Å²) in [6.07, 6.45) is 1.21. The number of hydrogen-bond donors (Lipinski definition) is 0. The molecule has 0 bridgehead atoms. The Balaban J connectivity index is 2.64. The van der Waals surface area contributed by atoms with Crippen LogP contribution >= 0.6 is 27.3 Å². The van der Waals surface area contributed by atoms with Gasteiger partial charge in [-0.15, -0.1) is 11.3 Å². The first-order valence-corrected chi connectivity index (χ1v) is 5.15. The SMILES string of the molecule is CCC(=O)Cc1sccc1Br. The van der Waals surface area contributed by atoms with E-state index in [1.54, 1.807) is 11.3 Å². The van der Waals surface area contributed by atoms with Crippen molar-refractivity contribution in [2.75, 3.05) is 0 Å². The Labute approximate surface area is 78.6 Å². The molecule has 1 rings (SSSR count). The zero-order chi connectivity index (χ0) is 8.27. The average Bonchev–Trinajstić information content (AvgIpc) is 2.37. The van der Waals surface area contributed by atoms with Crippen LogP contribution in [0.4, 0.5) is 0 Å². The van der Waals surface area contributed by atoms with Crippen LogP contribution in [-0.4, -0.2) is 5.78 Å². The van der Waals surface area contributed by atoms with E-state index in [-0.39, 0.29) is 0 Å². The lowest BCUT2D eigenvalue weighted by Gasteiger charge is -1.94. The predicted molar refractivity (Wildman–Crippen MR) is 51.0 cm³/mol. The summed E-state index contributed by atoms with van der Waals surface area (Å²) >= 11 is 5.01. The highest BCUT2D eigenvalue weighted by molar-refractivity contribution is 9.10. The smallest absolute Gasteiger partial charge is 0.137 e. The van der Waals surface area contributed by atoms with Crippen molar-refractivity contribution in [3.8, 4) is 0 Å². The summed E-state index contributed by atoms with van der Waals surface area (Å²) in [4.78, 5) is 12.2. The van der Waals surface area contributed by atoms with Gasteiger partial charge in [-0.1, -0.05) is 6.92 Å². The van der Waals surface area contributed by atoms with Gasteiger partial charge in [0.15, 0.2) is 0 Å². The number of hydrogen-bond acceptors (Lipinski definition) is 2. The molecule has 0 aliphatic heterocycles. The second kappa shape index (κ2) is 4.02. The van der Waals surface area contributed by atoms with Gasteiger partial charge in [-0.2, -0.15) is 0 Å². The fourth-order valence-electron chi connectivity index (χ4n) is 0.755. The van der Waals surface area contributed by atoms with Crippen LogP contribution < -0.4 is 0 Å². The topological polar surface area (TPSA) is 17.1 Å². The van der Waals surface area contributed by atoms with Gasteiger partial charge < -0.3 is 0 Å². The lowest BCUT2D eigenvalue weighted by molar-refractivity contribution is -0.118. The van der Waals surface area contributed by atoms with Gasteiger partial charge in [0.25, 0.3) is 0 Å². The number of Topliss-reactive ketones (excluding diaryl/α,β-unsaturated/α-hetero) is 1. The van der Waals surface area contributed by atoms with Crippen LogP contribution in [0.2, 0.25) is 0 Å². The van der Waals surface area contributed by atoms with Gasteiger partial charge >= 0.3 is 0 Å². The third-order valence-electron chi connectivity index (χ3n) is 1.44. The Kier molecular flexibility index (Phi) is 3.27. The van der Waals surface area contributed by atoms with Crippen LogP contribution in [0.1, 0.15) is 18.2 Å². The summed E-state index contributed by atoms with van der Waals surface area (Å²) in [6.45, 7) is 1.89. The summed E-state index contributed by atoms with van der Waals surface area (Å²) in [6, 6.07) is 1.98. The Morgan fingerprint density at radius 3 is 2.91 bits per heavy atom. The molecule has 11 heavy (non-hydrogen) atoms. The molecule has 0 unspecified atom stereocenters. The van der Waals surface area contributed by atoms with Crippen LogP contribution in [0.3, 0.4) is 0 Å². The van der Waals surface area contributed by atoms with Crippen LogP contribution in [0, 0.1) is 0 Å². The van der Waals surface area contributed by atoms with Crippen molar-refractivity contribution in [2.45, 2.75) is 19.8 Å². The minimum atomic E-state index is 0.299. The number of rotatable bonds is 3. The van der Waals surface area contributed by atoms with E-state index in [2.05, 4.69) is 15.9 Å². The molecule has 0 aliphatic rings. The Bertz CT molecular complexity index is 254. The number of carbonyl (C=O) groups is 1. The Hall–Kier alpha value is -0.150. The van der Waals surface area contributed by atoms with Crippen molar-refractivity contribution in [2.24, 2.45) is 0 Å². The van der Waals surface area contributed by atoms with E-state index >= 15 is 0 Å². The summed E-state index contributed by atoms with van der Waals surface area (Å²) in [5, 5.41) is 1.99. The van der Waals surface area contributed by atoms with Crippen LogP contribution in [0.5, 0.6) is 0 Å². The van der Waals surface area contributed by atoms with Crippen LogP contribution in [-0.2, 0) is 11.2 Å². The maximum absolute atomic E-state index is 11.0. The highest BCUT2D eigenvalue weighted by Crippen LogP contribution is 2.23. The highest BCUT2D eigenvalue weighted by atomic mass is 79.9. The molecular formula is C8H9BrOS. The molecule has 0 amide bonds. The fourth-order valence-corrected chi connectivity index (χ4v) is 2.28. The molecule has 60 valence electrons. The van der Waals surface area contributed by atoms with Gasteiger partial charge in [0.05, 0.1) is 0 Å². The molecular weight excluding hydrogens is 224 g/mol. The number of ketones is 1. The summed E-state index contributed by atoms with van der Waals surface area (Å²) in [7, 11) is 0. The number of thiophene rings is 1. The van der Waals surface area contributed by atoms with E-state index in [1.807, 2.05) is 18.4 Å². The lowest BCUT2D eigenvalue weighted by atomic mass is 10.2. The second-order valence-electron chi connectivity index (χ2n) is 2.26. The van der Waals surface area contributed by atoms with E-state index in [0.29, 0.717) is 18.6 Å². The largest absolute Gasteiger partial charge is 0.299 e. The van der Waals surface area contributed by atoms with Crippen molar-refractivity contribution in [1.82, 2.24) is 0 Å². The van der Waals surface area contributed by atoms with Crippen molar-refractivity contribution >= 4 is 33.0 Å². The van der Waals surface area contributed by atoms with E-state index in [1.165, 1.54) is 0 Å². The first-order valence-electron chi connectivity index (χ1n) is 3.47. The molecule has 0 fully saturated rings.